The molecule has 0 unspecified atom stereocenters. The number of hydrogen-bond acceptors (Lipinski definition) is 5. The molecule has 0 bridgehead atoms. The molecule has 0 aliphatic carbocycles. The summed E-state index contributed by atoms with van der Waals surface area (Å²) in [5.41, 5.74) is 3.87. The largest absolute Gasteiger partial charge is 0.493 e. The number of ether oxygens (including phenoxy) is 2. The Morgan fingerprint density at radius 2 is 1.89 bits per heavy atom. The molecule has 0 saturated carbocycles. The van der Waals surface area contributed by atoms with Crippen molar-refractivity contribution < 1.29 is 23.5 Å². The molecular weight excluding hydrogens is 344 g/mol. The number of rotatable bonds is 7. The Morgan fingerprint density at radius 1 is 1.07 bits per heavy atom. The highest BCUT2D eigenvalue weighted by Crippen LogP contribution is 2.24. The van der Waals surface area contributed by atoms with Gasteiger partial charge in [0.15, 0.2) is 5.78 Å². The van der Waals surface area contributed by atoms with Crippen molar-refractivity contribution in [3.8, 4) is 5.75 Å². The van der Waals surface area contributed by atoms with Gasteiger partial charge in [-0.1, -0.05) is 12.1 Å². The van der Waals surface area contributed by atoms with Crippen molar-refractivity contribution in [2.75, 3.05) is 6.61 Å². The number of carbonyl (C=O) groups is 2. The molecule has 5 nitrogen and oxygen atoms in total. The van der Waals surface area contributed by atoms with Gasteiger partial charge in [-0.05, 0) is 50.6 Å². The topological polar surface area (TPSA) is 65.7 Å². The number of fused-ring (bicyclic) bond motifs is 1. The molecule has 1 aromatic heterocycles. The number of aryl methyl sites for hydroxylation is 1. The van der Waals surface area contributed by atoms with Crippen molar-refractivity contribution >= 4 is 22.7 Å². The van der Waals surface area contributed by atoms with Gasteiger partial charge in [-0.2, -0.15) is 0 Å². The van der Waals surface area contributed by atoms with Gasteiger partial charge in [0.1, 0.15) is 17.9 Å². The first kappa shape index (κ1) is 18.7. The summed E-state index contributed by atoms with van der Waals surface area (Å²) in [5.74, 6) is 0.194. The van der Waals surface area contributed by atoms with Crippen molar-refractivity contribution in [3.63, 3.8) is 0 Å². The third kappa shape index (κ3) is 4.37. The molecule has 0 spiro atoms. The van der Waals surface area contributed by atoms with E-state index in [9.17, 15) is 9.59 Å². The summed E-state index contributed by atoms with van der Waals surface area (Å²) in [6.07, 6.45) is 1.71. The smallest absolute Gasteiger partial charge is 0.310 e. The average Bonchev–Trinajstić information content (AvgIpc) is 3.02. The average molecular weight is 366 g/mol. The van der Waals surface area contributed by atoms with Crippen LogP contribution < -0.4 is 4.74 Å². The monoisotopic (exact) mass is 366 g/mol. The van der Waals surface area contributed by atoms with Crippen LogP contribution in [0, 0.1) is 6.92 Å². The maximum absolute atomic E-state index is 12.3. The number of ketones is 1. The van der Waals surface area contributed by atoms with Gasteiger partial charge in [0.2, 0.25) is 0 Å². The molecule has 0 saturated heterocycles. The SMILES string of the molecule is CCOc1ccc(C(C)=O)cc1COC(=O)Cc1coc2cc(C)ccc12. The van der Waals surface area contributed by atoms with Gasteiger partial charge in [-0.25, -0.2) is 0 Å². The summed E-state index contributed by atoms with van der Waals surface area (Å²) in [4.78, 5) is 23.9. The quantitative estimate of drug-likeness (QED) is 0.451. The molecule has 140 valence electrons. The van der Waals surface area contributed by atoms with Gasteiger partial charge in [0.05, 0.1) is 19.3 Å². The van der Waals surface area contributed by atoms with Gasteiger partial charge in [0.25, 0.3) is 0 Å². The van der Waals surface area contributed by atoms with E-state index in [-0.39, 0.29) is 24.8 Å². The van der Waals surface area contributed by atoms with Crippen LogP contribution in [0.5, 0.6) is 5.75 Å². The third-order valence-corrected chi connectivity index (χ3v) is 4.30. The molecule has 0 atom stereocenters. The van der Waals surface area contributed by atoms with Crippen LogP contribution in [0.15, 0.2) is 47.1 Å². The van der Waals surface area contributed by atoms with E-state index in [2.05, 4.69) is 0 Å². The zero-order valence-corrected chi connectivity index (χ0v) is 15.7. The first-order valence-electron chi connectivity index (χ1n) is 8.87. The van der Waals surface area contributed by atoms with Crippen molar-refractivity contribution in [2.45, 2.75) is 33.8 Å². The summed E-state index contributed by atoms with van der Waals surface area (Å²) in [6.45, 7) is 5.89. The van der Waals surface area contributed by atoms with E-state index >= 15 is 0 Å². The van der Waals surface area contributed by atoms with Crippen molar-refractivity contribution in [1.29, 1.82) is 0 Å². The summed E-state index contributed by atoms with van der Waals surface area (Å²) < 4.78 is 16.5. The van der Waals surface area contributed by atoms with Crippen molar-refractivity contribution in [3.05, 3.63) is 64.9 Å². The first-order valence-corrected chi connectivity index (χ1v) is 8.87. The Bertz CT molecular complexity index is 984. The fourth-order valence-corrected chi connectivity index (χ4v) is 2.90. The number of Topliss-reactive ketones (excluding diaryl/α,β-unsaturated/α-hetero) is 1. The van der Waals surface area contributed by atoms with Crippen LogP contribution in [0.25, 0.3) is 11.0 Å². The van der Waals surface area contributed by atoms with Gasteiger partial charge in [-0.3, -0.25) is 9.59 Å². The molecule has 0 fully saturated rings. The Morgan fingerprint density at radius 3 is 2.63 bits per heavy atom. The van der Waals surface area contributed by atoms with E-state index in [0.29, 0.717) is 23.5 Å². The van der Waals surface area contributed by atoms with Gasteiger partial charge >= 0.3 is 5.97 Å². The molecule has 0 amide bonds. The molecule has 0 aliphatic heterocycles. The second-order valence-corrected chi connectivity index (χ2v) is 6.41. The Balaban J connectivity index is 1.71. The fourth-order valence-electron chi connectivity index (χ4n) is 2.90. The summed E-state index contributed by atoms with van der Waals surface area (Å²) in [5, 5.41) is 0.908. The zero-order chi connectivity index (χ0) is 19.4. The number of furan rings is 1. The second-order valence-electron chi connectivity index (χ2n) is 6.41. The summed E-state index contributed by atoms with van der Waals surface area (Å²) in [6, 6.07) is 11.0. The molecule has 0 radical (unpaired) electrons. The van der Waals surface area contributed by atoms with Crippen LogP contribution in [0.4, 0.5) is 0 Å². The van der Waals surface area contributed by atoms with Crippen LogP contribution in [-0.2, 0) is 22.6 Å². The molecule has 3 rings (SSSR count). The number of carbonyl (C=O) groups excluding carboxylic acids is 2. The van der Waals surface area contributed by atoms with Crippen LogP contribution in [0.3, 0.4) is 0 Å². The van der Waals surface area contributed by atoms with Crippen LogP contribution >= 0.6 is 0 Å². The summed E-state index contributed by atoms with van der Waals surface area (Å²) >= 11 is 0. The van der Waals surface area contributed by atoms with E-state index in [0.717, 1.165) is 22.1 Å². The molecule has 3 aromatic rings. The molecular formula is C22H22O5. The normalized spacial score (nSPS) is 10.8. The maximum Gasteiger partial charge on any atom is 0.310 e. The van der Waals surface area contributed by atoms with E-state index in [1.165, 1.54) is 6.92 Å². The van der Waals surface area contributed by atoms with Crippen LogP contribution in [0.2, 0.25) is 0 Å². The Labute approximate surface area is 157 Å². The van der Waals surface area contributed by atoms with E-state index in [1.807, 2.05) is 32.0 Å². The number of hydrogen-bond donors (Lipinski definition) is 0. The maximum atomic E-state index is 12.3. The zero-order valence-electron chi connectivity index (χ0n) is 15.7. The highest BCUT2D eigenvalue weighted by Gasteiger charge is 2.14. The lowest BCUT2D eigenvalue weighted by molar-refractivity contribution is -0.144. The minimum absolute atomic E-state index is 0.0458. The molecule has 0 aliphatic rings. The lowest BCUT2D eigenvalue weighted by Crippen LogP contribution is -2.09. The van der Waals surface area contributed by atoms with E-state index in [4.69, 9.17) is 13.9 Å². The fraction of sp³-hybridized carbons (Fsp3) is 0.273. The number of esters is 1. The molecule has 2 aromatic carbocycles. The highest BCUT2D eigenvalue weighted by atomic mass is 16.5. The predicted molar refractivity (Wildman–Crippen MR) is 102 cm³/mol. The summed E-state index contributed by atoms with van der Waals surface area (Å²) in [7, 11) is 0. The minimum Gasteiger partial charge on any atom is -0.493 e. The lowest BCUT2D eigenvalue weighted by Gasteiger charge is -2.12. The predicted octanol–water partition coefficient (Wildman–Crippen LogP) is 4.63. The van der Waals surface area contributed by atoms with Gasteiger partial charge < -0.3 is 13.9 Å². The highest BCUT2D eigenvalue weighted by molar-refractivity contribution is 5.94. The standard InChI is InChI=1S/C22H22O5/c1-4-25-20-8-6-16(15(3)23)10-18(20)13-27-22(24)11-17-12-26-21-9-14(2)5-7-19(17)21/h5-10,12H,4,11,13H2,1-3H3. The lowest BCUT2D eigenvalue weighted by atomic mass is 10.1. The Kier molecular flexibility index (Phi) is 5.60. The van der Waals surface area contributed by atoms with Crippen molar-refractivity contribution in [2.24, 2.45) is 0 Å². The van der Waals surface area contributed by atoms with Crippen LogP contribution in [0.1, 0.15) is 40.9 Å². The molecule has 1 heterocycles. The Hall–Kier alpha value is -3.08. The van der Waals surface area contributed by atoms with E-state index < -0.39 is 0 Å². The molecule has 0 N–H and O–H groups in total. The van der Waals surface area contributed by atoms with Crippen LogP contribution in [-0.4, -0.2) is 18.4 Å². The minimum atomic E-state index is -0.367. The third-order valence-electron chi connectivity index (χ3n) is 4.30. The van der Waals surface area contributed by atoms with Crippen molar-refractivity contribution in [1.82, 2.24) is 0 Å². The first-order chi connectivity index (χ1) is 13.0. The number of benzene rings is 2. The van der Waals surface area contributed by atoms with E-state index in [1.54, 1.807) is 24.5 Å². The van der Waals surface area contributed by atoms with Gasteiger partial charge in [0, 0.05) is 22.1 Å². The molecule has 5 heteroatoms. The second kappa shape index (κ2) is 8.08. The van der Waals surface area contributed by atoms with Gasteiger partial charge in [-0.15, -0.1) is 0 Å². The molecule has 27 heavy (non-hydrogen) atoms.